The van der Waals surface area contributed by atoms with Gasteiger partial charge in [0.1, 0.15) is 5.82 Å². The summed E-state index contributed by atoms with van der Waals surface area (Å²) in [7, 11) is -3.64. The molecule has 0 aliphatic rings. The normalized spacial score (nSPS) is 11.7. The number of hydrogen-bond donors (Lipinski definition) is 3. The Balaban J connectivity index is 2.24. The zero-order chi connectivity index (χ0) is 14.0. The number of benzene rings is 1. The van der Waals surface area contributed by atoms with Gasteiger partial charge in [-0.1, -0.05) is 17.7 Å². The van der Waals surface area contributed by atoms with Gasteiger partial charge >= 0.3 is 0 Å². The number of sulfonamides is 1. The Morgan fingerprint density at radius 2 is 2.21 bits per heavy atom. The van der Waals surface area contributed by atoms with Crippen molar-refractivity contribution in [1.82, 2.24) is 14.9 Å². The third-order valence-corrected chi connectivity index (χ3v) is 4.67. The Hall–Kier alpha value is -1.57. The van der Waals surface area contributed by atoms with Crippen LogP contribution in [0.5, 0.6) is 0 Å². The van der Waals surface area contributed by atoms with Gasteiger partial charge in [0.2, 0.25) is 10.0 Å². The number of nitrogens with two attached hydrogens (primary N) is 1. The van der Waals surface area contributed by atoms with Crippen LogP contribution in [0.4, 0.5) is 5.82 Å². The van der Waals surface area contributed by atoms with E-state index in [1.165, 1.54) is 12.3 Å². The molecule has 0 spiro atoms. The molecule has 0 bridgehead atoms. The number of nitrogen functional groups attached to an aromatic ring is 1. The minimum Gasteiger partial charge on any atom is -0.384 e. The van der Waals surface area contributed by atoms with Crippen LogP contribution in [-0.4, -0.2) is 18.6 Å². The van der Waals surface area contributed by atoms with Crippen molar-refractivity contribution in [3.63, 3.8) is 0 Å². The monoisotopic (exact) mass is 300 g/mol. The number of rotatable bonds is 4. The van der Waals surface area contributed by atoms with Gasteiger partial charge in [-0.05, 0) is 24.6 Å². The quantitative estimate of drug-likeness (QED) is 0.795. The number of hydrogen-bond acceptors (Lipinski definition) is 4. The second-order valence-corrected chi connectivity index (χ2v) is 6.14. The second-order valence-electron chi connectivity index (χ2n) is 4.00. The predicted octanol–water partition coefficient (Wildman–Crippen LogP) is 1.43. The molecule has 6 nitrogen and oxygen atoms in total. The van der Waals surface area contributed by atoms with Gasteiger partial charge < -0.3 is 5.73 Å². The maximum atomic E-state index is 12.2. The Morgan fingerprint density at radius 3 is 2.84 bits per heavy atom. The maximum absolute atomic E-state index is 12.2. The van der Waals surface area contributed by atoms with Crippen molar-refractivity contribution >= 4 is 27.4 Å². The van der Waals surface area contributed by atoms with Crippen LogP contribution in [0.15, 0.2) is 29.3 Å². The number of H-pyrrole nitrogens is 1. The number of nitrogens with zero attached hydrogens (tertiary/aromatic N) is 1. The van der Waals surface area contributed by atoms with Gasteiger partial charge in [-0.3, -0.25) is 5.10 Å². The van der Waals surface area contributed by atoms with Crippen LogP contribution in [0.25, 0.3) is 0 Å². The molecular weight excluding hydrogens is 288 g/mol. The molecule has 1 heterocycles. The van der Waals surface area contributed by atoms with E-state index in [2.05, 4.69) is 14.9 Å². The molecule has 0 saturated heterocycles. The highest BCUT2D eigenvalue weighted by Crippen LogP contribution is 2.22. The summed E-state index contributed by atoms with van der Waals surface area (Å²) < 4.78 is 26.8. The lowest BCUT2D eigenvalue weighted by molar-refractivity contribution is 0.581. The molecule has 8 heteroatoms. The first-order valence-electron chi connectivity index (χ1n) is 5.44. The van der Waals surface area contributed by atoms with Crippen molar-refractivity contribution in [3.8, 4) is 0 Å². The number of nitrogens with one attached hydrogen (secondary N) is 2. The molecule has 0 atom stereocenters. The third-order valence-electron chi connectivity index (χ3n) is 2.71. The summed E-state index contributed by atoms with van der Waals surface area (Å²) in [6.45, 7) is 1.72. The fourth-order valence-corrected chi connectivity index (χ4v) is 3.09. The first-order valence-corrected chi connectivity index (χ1v) is 7.30. The van der Waals surface area contributed by atoms with Gasteiger partial charge in [0, 0.05) is 17.1 Å². The van der Waals surface area contributed by atoms with Crippen molar-refractivity contribution in [3.05, 3.63) is 40.5 Å². The molecule has 1 aromatic carbocycles. The molecule has 0 fully saturated rings. The van der Waals surface area contributed by atoms with Crippen molar-refractivity contribution < 1.29 is 8.42 Å². The molecule has 0 aliphatic heterocycles. The van der Waals surface area contributed by atoms with E-state index in [0.29, 0.717) is 22.0 Å². The maximum Gasteiger partial charge on any atom is 0.241 e. The molecule has 1 aromatic heterocycles. The molecule has 2 rings (SSSR count). The Morgan fingerprint density at radius 1 is 1.47 bits per heavy atom. The summed E-state index contributed by atoms with van der Waals surface area (Å²) in [6.07, 6.45) is 1.47. The second kappa shape index (κ2) is 5.20. The average Bonchev–Trinajstić information content (AvgIpc) is 2.76. The van der Waals surface area contributed by atoms with Crippen LogP contribution in [0.1, 0.15) is 11.1 Å². The van der Waals surface area contributed by atoms with Crippen LogP contribution in [-0.2, 0) is 16.6 Å². The summed E-state index contributed by atoms with van der Waals surface area (Å²) in [5, 5.41) is 6.67. The highest BCUT2D eigenvalue weighted by Gasteiger charge is 2.18. The molecule has 0 amide bonds. The van der Waals surface area contributed by atoms with Gasteiger partial charge in [-0.2, -0.15) is 5.10 Å². The fourth-order valence-electron chi connectivity index (χ4n) is 1.59. The van der Waals surface area contributed by atoms with Gasteiger partial charge in [-0.25, -0.2) is 13.1 Å². The smallest absolute Gasteiger partial charge is 0.241 e. The first kappa shape index (κ1) is 13.9. The van der Waals surface area contributed by atoms with E-state index in [-0.39, 0.29) is 11.4 Å². The number of halogens is 1. The standard InChI is InChI=1S/C11H13ClN4O2S/c1-7-9(12)3-2-4-10(7)19(17,18)15-6-8-5-14-16-11(8)13/h2-5,15H,6H2,1H3,(H3,13,14,16). The van der Waals surface area contributed by atoms with Crippen molar-refractivity contribution in [2.45, 2.75) is 18.4 Å². The summed E-state index contributed by atoms with van der Waals surface area (Å²) in [6, 6.07) is 4.74. The lowest BCUT2D eigenvalue weighted by Gasteiger charge is -2.09. The molecule has 0 saturated carbocycles. The summed E-state index contributed by atoms with van der Waals surface area (Å²) in [5.74, 6) is 0.338. The zero-order valence-electron chi connectivity index (χ0n) is 10.1. The highest BCUT2D eigenvalue weighted by atomic mass is 35.5. The minimum absolute atomic E-state index is 0.0661. The van der Waals surface area contributed by atoms with Gasteiger partial charge in [-0.15, -0.1) is 0 Å². The lowest BCUT2D eigenvalue weighted by atomic mass is 10.2. The van der Waals surface area contributed by atoms with Crippen LogP contribution in [0.2, 0.25) is 5.02 Å². The lowest BCUT2D eigenvalue weighted by Crippen LogP contribution is -2.24. The van der Waals surface area contributed by atoms with Crippen LogP contribution < -0.4 is 10.5 Å². The molecule has 0 unspecified atom stereocenters. The van der Waals surface area contributed by atoms with Crippen LogP contribution >= 0.6 is 11.6 Å². The average molecular weight is 301 g/mol. The molecule has 4 N–H and O–H groups in total. The summed E-state index contributed by atoms with van der Waals surface area (Å²) in [5.41, 5.74) is 6.69. The van der Waals surface area contributed by atoms with Gasteiger partial charge in [0.15, 0.2) is 0 Å². The first-order chi connectivity index (χ1) is 8.92. The van der Waals surface area contributed by atoms with Crippen LogP contribution in [0, 0.1) is 6.92 Å². The fraction of sp³-hybridized carbons (Fsp3) is 0.182. The molecule has 2 aromatic rings. The number of anilines is 1. The van der Waals surface area contributed by atoms with E-state index >= 15 is 0 Å². The number of aromatic amines is 1. The zero-order valence-corrected chi connectivity index (χ0v) is 11.7. The Kier molecular flexibility index (Phi) is 3.79. The van der Waals surface area contributed by atoms with Crippen molar-refractivity contribution in [2.24, 2.45) is 0 Å². The molecule has 0 radical (unpaired) electrons. The molecule has 0 aliphatic carbocycles. The Labute approximate surface area is 116 Å². The van der Waals surface area contributed by atoms with E-state index in [1.807, 2.05) is 0 Å². The Bertz CT molecular complexity index is 696. The van der Waals surface area contributed by atoms with E-state index in [9.17, 15) is 8.42 Å². The summed E-state index contributed by atoms with van der Waals surface area (Å²) in [4.78, 5) is 0.155. The third kappa shape index (κ3) is 2.89. The van der Waals surface area contributed by atoms with Gasteiger partial charge in [0.25, 0.3) is 0 Å². The number of aromatic nitrogens is 2. The minimum atomic E-state index is -3.64. The molecular formula is C11H13ClN4O2S. The SMILES string of the molecule is Cc1c(Cl)cccc1S(=O)(=O)NCc1cn[nH]c1N. The van der Waals surface area contributed by atoms with Crippen LogP contribution in [0.3, 0.4) is 0 Å². The highest BCUT2D eigenvalue weighted by molar-refractivity contribution is 7.89. The van der Waals surface area contributed by atoms with Crippen molar-refractivity contribution in [1.29, 1.82) is 0 Å². The van der Waals surface area contributed by atoms with E-state index in [4.69, 9.17) is 17.3 Å². The van der Waals surface area contributed by atoms with Crippen molar-refractivity contribution in [2.75, 3.05) is 5.73 Å². The topological polar surface area (TPSA) is 101 Å². The largest absolute Gasteiger partial charge is 0.384 e. The van der Waals surface area contributed by atoms with E-state index in [1.54, 1.807) is 19.1 Å². The molecule has 19 heavy (non-hydrogen) atoms. The van der Waals surface area contributed by atoms with E-state index in [0.717, 1.165) is 0 Å². The molecule has 102 valence electrons. The predicted molar refractivity (Wildman–Crippen MR) is 73.2 cm³/mol. The summed E-state index contributed by atoms with van der Waals surface area (Å²) >= 11 is 5.92. The van der Waals surface area contributed by atoms with Gasteiger partial charge in [0.05, 0.1) is 11.1 Å². The van der Waals surface area contributed by atoms with E-state index < -0.39 is 10.0 Å².